The fraction of sp³-hybridized carbons (Fsp3) is 0.333. The molecule has 0 saturated carbocycles. The molecule has 4 rings (SSSR count). The van der Waals surface area contributed by atoms with Gasteiger partial charge in [-0.05, 0) is 43.0 Å². The molecule has 1 aliphatic heterocycles. The summed E-state index contributed by atoms with van der Waals surface area (Å²) < 4.78 is 3.26. The van der Waals surface area contributed by atoms with E-state index in [4.69, 9.17) is 5.73 Å². The molecule has 156 valence electrons. The minimum Gasteiger partial charge on any atom is -0.326 e. The summed E-state index contributed by atoms with van der Waals surface area (Å²) in [5.41, 5.74) is 10.0. The third-order valence-corrected chi connectivity index (χ3v) is 5.73. The second-order valence-corrected chi connectivity index (χ2v) is 8.01. The second-order valence-electron chi connectivity index (χ2n) is 8.01. The van der Waals surface area contributed by atoms with Crippen molar-refractivity contribution in [1.82, 2.24) is 19.2 Å². The van der Waals surface area contributed by atoms with Crippen LogP contribution in [0.15, 0.2) is 71.3 Å². The first-order valence-corrected chi connectivity index (χ1v) is 10.5. The molecule has 2 aromatic carbocycles. The van der Waals surface area contributed by atoms with Gasteiger partial charge in [0.2, 0.25) is 0 Å². The number of aromatic nitrogens is 3. The average molecular weight is 404 g/mol. The molecule has 0 amide bonds. The Labute approximate surface area is 177 Å². The Bertz CT molecular complexity index is 1040. The van der Waals surface area contributed by atoms with E-state index >= 15 is 0 Å². The maximum Gasteiger partial charge on any atom is 0.350 e. The number of hydrogen-bond acceptors (Lipinski definition) is 4. The smallest absolute Gasteiger partial charge is 0.326 e. The Balaban J connectivity index is 1.38. The van der Waals surface area contributed by atoms with Crippen molar-refractivity contribution in [3.8, 4) is 5.69 Å². The largest absolute Gasteiger partial charge is 0.350 e. The summed E-state index contributed by atoms with van der Waals surface area (Å²) >= 11 is 0. The molecule has 6 heteroatoms. The first kappa shape index (κ1) is 20.3. The number of piperidine rings is 1. The van der Waals surface area contributed by atoms with Crippen LogP contribution >= 0.6 is 0 Å². The lowest BCUT2D eigenvalue weighted by Crippen LogP contribution is -2.38. The normalized spacial score (nSPS) is 16.1. The number of nitrogens with two attached hydrogens (primary N) is 1. The van der Waals surface area contributed by atoms with Crippen molar-refractivity contribution in [2.24, 2.45) is 5.73 Å². The number of nitrogens with zero attached hydrogens (tertiary/aromatic N) is 4. The molecule has 1 aromatic heterocycles. The summed E-state index contributed by atoms with van der Waals surface area (Å²) in [7, 11) is 0. The first-order valence-electron chi connectivity index (χ1n) is 10.5. The number of benzene rings is 2. The summed E-state index contributed by atoms with van der Waals surface area (Å²) in [6.07, 6.45) is 5.73. The van der Waals surface area contributed by atoms with E-state index in [0.29, 0.717) is 6.54 Å². The topological polar surface area (TPSA) is 69.1 Å². The zero-order chi connectivity index (χ0) is 20.9. The zero-order valence-electron chi connectivity index (χ0n) is 17.4. The van der Waals surface area contributed by atoms with Gasteiger partial charge in [0.1, 0.15) is 6.33 Å². The van der Waals surface area contributed by atoms with Gasteiger partial charge in [-0.3, -0.25) is 4.90 Å². The number of hydrogen-bond donors (Lipinski definition) is 1. The Hall–Kier alpha value is -2.96. The SMILES string of the molecule is C/C(=C\c1ccccc1)CN1CCC(n2ncn(-c3ccc(CN)cc3)c2=O)CC1. The molecule has 2 N–H and O–H groups in total. The van der Waals surface area contributed by atoms with E-state index in [9.17, 15) is 4.79 Å². The maximum absolute atomic E-state index is 12.9. The van der Waals surface area contributed by atoms with Gasteiger partial charge in [-0.15, -0.1) is 0 Å². The van der Waals surface area contributed by atoms with Crippen LogP contribution in [0, 0.1) is 0 Å². The highest BCUT2D eigenvalue weighted by Crippen LogP contribution is 2.21. The van der Waals surface area contributed by atoms with Gasteiger partial charge < -0.3 is 5.73 Å². The average Bonchev–Trinajstić information content (AvgIpc) is 3.16. The Morgan fingerprint density at radius 2 is 1.80 bits per heavy atom. The van der Waals surface area contributed by atoms with E-state index in [-0.39, 0.29) is 11.7 Å². The minimum atomic E-state index is -0.0749. The highest BCUT2D eigenvalue weighted by Gasteiger charge is 2.23. The Morgan fingerprint density at radius 3 is 2.47 bits per heavy atom. The third kappa shape index (κ3) is 4.61. The molecule has 1 aliphatic rings. The maximum atomic E-state index is 12.9. The predicted molar refractivity (Wildman–Crippen MR) is 121 cm³/mol. The molecule has 2 heterocycles. The van der Waals surface area contributed by atoms with Gasteiger partial charge in [0.15, 0.2) is 0 Å². The fourth-order valence-electron chi connectivity index (χ4n) is 4.09. The molecule has 6 nitrogen and oxygen atoms in total. The summed E-state index contributed by atoms with van der Waals surface area (Å²) in [6, 6.07) is 18.3. The van der Waals surface area contributed by atoms with E-state index in [2.05, 4.69) is 47.3 Å². The van der Waals surface area contributed by atoms with Crippen LogP contribution in [0.3, 0.4) is 0 Å². The van der Waals surface area contributed by atoms with Crippen molar-refractivity contribution >= 4 is 6.08 Å². The van der Waals surface area contributed by atoms with E-state index in [1.54, 1.807) is 15.6 Å². The van der Waals surface area contributed by atoms with Gasteiger partial charge in [-0.2, -0.15) is 5.10 Å². The van der Waals surface area contributed by atoms with Crippen LogP contribution in [0.5, 0.6) is 0 Å². The molecule has 0 unspecified atom stereocenters. The van der Waals surface area contributed by atoms with Crippen molar-refractivity contribution in [3.63, 3.8) is 0 Å². The Kier molecular flexibility index (Phi) is 6.26. The molecule has 0 bridgehead atoms. The van der Waals surface area contributed by atoms with Crippen molar-refractivity contribution in [2.75, 3.05) is 19.6 Å². The summed E-state index contributed by atoms with van der Waals surface area (Å²) in [6.45, 7) is 5.57. The second kappa shape index (κ2) is 9.24. The molecule has 1 saturated heterocycles. The molecule has 30 heavy (non-hydrogen) atoms. The quantitative estimate of drug-likeness (QED) is 0.686. The van der Waals surface area contributed by atoms with E-state index in [1.807, 2.05) is 30.3 Å². The van der Waals surface area contributed by atoms with Crippen molar-refractivity contribution < 1.29 is 0 Å². The number of likely N-dealkylation sites (tertiary alicyclic amines) is 1. The van der Waals surface area contributed by atoms with E-state index in [0.717, 1.165) is 43.7 Å². The summed E-state index contributed by atoms with van der Waals surface area (Å²) in [4.78, 5) is 15.4. The zero-order valence-corrected chi connectivity index (χ0v) is 17.4. The molecule has 0 aliphatic carbocycles. The minimum absolute atomic E-state index is 0.0749. The lowest BCUT2D eigenvalue weighted by Gasteiger charge is -2.31. The Morgan fingerprint density at radius 1 is 1.10 bits per heavy atom. The molecular weight excluding hydrogens is 374 g/mol. The molecular formula is C24H29N5O. The molecule has 0 radical (unpaired) electrons. The van der Waals surface area contributed by atoms with Crippen LogP contribution in [-0.4, -0.2) is 38.9 Å². The van der Waals surface area contributed by atoms with Crippen LogP contribution in [0.25, 0.3) is 11.8 Å². The molecule has 3 aromatic rings. The lowest BCUT2D eigenvalue weighted by molar-refractivity contribution is 0.189. The third-order valence-electron chi connectivity index (χ3n) is 5.73. The van der Waals surface area contributed by atoms with Gasteiger partial charge in [-0.1, -0.05) is 54.1 Å². The first-order chi connectivity index (χ1) is 14.6. The van der Waals surface area contributed by atoms with Gasteiger partial charge in [0.25, 0.3) is 0 Å². The summed E-state index contributed by atoms with van der Waals surface area (Å²) in [5.74, 6) is 0. The van der Waals surface area contributed by atoms with Crippen molar-refractivity contribution in [1.29, 1.82) is 0 Å². The monoisotopic (exact) mass is 403 g/mol. The van der Waals surface area contributed by atoms with E-state index in [1.165, 1.54) is 11.1 Å². The molecule has 1 fully saturated rings. The van der Waals surface area contributed by atoms with Crippen LogP contribution < -0.4 is 11.4 Å². The van der Waals surface area contributed by atoms with Gasteiger partial charge in [0.05, 0.1) is 11.7 Å². The molecule has 0 atom stereocenters. The standard InChI is InChI=1S/C24H29N5O/c1-19(15-20-5-3-2-4-6-20)17-27-13-11-23(12-14-27)29-24(30)28(18-26-29)22-9-7-21(16-25)8-10-22/h2-10,15,18,23H,11-14,16-17,25H2,1H3/b19-15+. The van der Waals surface area contributed by atoms with Gasteiger partial charge in [-0.25, -0.2) is 14.0 Å². The lowest BCUT2D eigenvalue weighted by atomic mass is 10.0. The summed E-state index contributed by atoms with van der Waals surface area (Å²) in [5, 5.41) is 4.41. The van der Waals surface area contributed by atoms with Crippen LogP contribution in [0.2, 0.25) is 0 Å². The highest BCUT2D eigenvalue weighted by molar-refractivity contribution is 5.52. The van der Waals surface area contributed by atoms with Crippen molar-refractivity contribution in [3.05, 3.63) is 88.1 Å². The van der Waals surface area contributed by atoms with Crippen LogP contribution in [0.1, 0.15) is 36.9 Å². The highest BCUT2D eigenvalue weighted by atomic mass is 16.2. The van der Waals surface area contributed by atoms with Crippen LogP contribution in [0.4, 0.5) is 0 Å². The number of rotatable bonds is 6. The predicted octanol–water partition coefficient (Wildman–Crippen LogP) is 3.23. The van der Waals surface area contributed by atoms with E-state index < -0.39 is 0 Å². The van der Waals surface area contributed by atoms with Gasteiger partial charge in [0, 0.05) is 26.2 Å². The van der Waals surface area contributed by atoms with Crippen LogP contribution in [-0.2, 0) is 6.54 Å². The van der Waals surface area contributed by atoms with Crippen molar-refractivity contribution in [2.45, 2.75) is 32.4 Å². The molecule has 0 spiro atoms. The fourth-order valence-corrected chi connectivity index (χ4v) is 4.09. The van der Waals surface area contributed by atoms with Gasteiger partial charge >= 0.3 is 5.69 Å².